The molecule has 25 heavy (non-hydrogen) atoms. The number of rotatable bonds is 3. The van der Waals surface area contributed by atoms with Gasteiger partial charge in [-0.1, -0.05) is 12.8 Å². The molecule has 1 saturated carbocycles. The van der Waals surface area contributed by atoms with Crippen LogP contribution >= 0.6 is 12.2 Å². The summed E-state index contributed by atoms with van der Waals surface area (Å²) in [4.78, 5) is 12.8. The molecule has 2 heterocycles. The molecule has 7 heteroatoms. The van der Waals surface area contributed by atoms with E-state index in [1.807, 2.05) is 12.1 Å². The molecule has 2 aromatic rings. The Kier molecular flexibility index (Phi) is 4.43. The largest absolute Gasteiger partial charge is 0.409 e. The quantitative estimate of drug-likeness (QED) is 0.818. The highest BCUT2D eigenvalue weighted by Gasteiger charge is 2.40. The van der Waals surface area contributed by atoms with E-state index in [1.54, 1.807) is 12.1 Å². The zero-order valence-electron chi connectivity index (χ0n) is 13.9. The smallest absolute Gasteiger partial charge is 0.284 e. The van der Waals surface area contributed by atoms with Crippen molar-refractivity contribution in [3.05, 3.63) is 34.7 Å². The Bertz CT molecular complexity index is 805. The molecule has 2 aliphatic rings. The number of nitrogens with one attached hydrogen (secondary N) is 2. The van der Waals surface area contributed by atoms with Gasteiger partial charge in [-0.3, -0.25) is 4.79 Å². The lowest BCUT2D eigenvalue weighted by Crippen LogP contribution is -2.47. The molecular weight excluding hydrogens is 338 g/mol. The first-order valence-electron chi connectivity index (χ1n) is 8.74. The number of aromatic nitrogens is 2. The molecule has 2 fully saturated rings. The summed E-state index contributed by atoms with van der Waals surface area (Å²) in [5.41, 5.74) is 1.41. The van der Waals surface area contributed by atoms with Crippen LogP contribution in [0.4, 0.5) is 0 Å². The van der Waals surface area contributed by atoms with Gasteiger partial charge < -0.3 is 14.5 Å². The van der Waals surface area contributed by atoms with E-state index in [0.29, 0.717) is 11.5 Å². The van der Waals surface area contributed by atoms with Gasteiger partial charge in [-0.15, -0.1) is 5.10 Å². The summed E-state index contributed by atoms with van der Waals surface area (Å²) >= 11 is 4.88. The first-order valence-corrected chi connectivity index (χ1v) is 9.15. The molecule has 1 aromatic carbocycles. The van der Waals surface area contributed by atoms with E-state index in [-0.39, 0.29) is 22.4 Å². The fourth-order valence-electron chi connectivity index (χ4n) is 3.90. The number of aromatic amines is 1. The SMILES string of the molecule is O=C(N[C@@H]1CCOC2(CCCC2)C1)c1ccc(-c2n[nH]c(=S)o2)cc1. The van der Waals surface area contributed by atoms with Gasteiger partial charge in [0.1, 0.15) is 0 Å². The maximum atomic E-state index is 12.6. The van der Waals surface area contributed by atoms with E-state index in [4.69, 9.17) is 21.4 Å². The lowest BCUT2D eigenvalue weighted by molar-refractivity contribution is -0.0823. The molecule has 1 aromatic heterocycles. The number of H-pyrrole nitrogens is 1. The summed E-state index contributed by atoms with van der Waals surface area (Å²) in [6, 6.07) is 7.37. The Hall–Kier alpha value is -1.99. The average molecular weight is 359 g/mol. The third-order valence-electron chi connectivity index (χ3n) is 5.18. The summed E-state index contributed by atoms with van der Waals surface area (Å²) in [5.74, 6) is 0.374. The number of benzene rings is 1. The minimum absolute atomic E-state index is 0.00340. The van der Waals surface area contributed by atoms with E-state index in [1.165, 1.54) is 12.8 Å². The summed E-state index contributed by atoms with van der Waals surface area (Å²) < 4.78 is 11.3. The van der Waals surface area contributed by atoms with E-state index in [0.717, 1.165) is 37.9 Å². The second-order valence-corrected chi connectivity index (χ2v) is 7.27. The van der Waals surface area contributed by atoms with Crippen molar-refractivity contribution in [3.63, 3.8) is 0 Å². The molecular formula is C18H21N3O3S. The number of ether oxygens (including phenoxy) is 1. The number of hydrogen-bond donors (Lipinski definition) is 2. The van der Waals surface area contributed by atoms with Gasteiger partial charge in [-0.2, -0.15) is 0 Å². The van der Waals surface area contributed by atoms with Crippen LogP contribution in [0.3, 0.4) is 0 Å². The zero-order chi connectivity index (χ0) is 17.3. The Balaban J connectivity index is 1.41. The molecule has 0 bridgehead atoms. The Labute approximate surface area is 151 Å². The summed E-state index contributed by atoms with van der Waals surface area (Å²) in [6.45, 7) is 0.730. The molecule has 1 atom stereocenters. The number of hydrogen-bond acceptors (Lipinski definition) is 5. The Morgan fingerprint density at radius 3 is 2.72 bits per heavy atom. The van der Waals surface area contributed by atoms with Crippen LogP contribution < -0.4 is 5.32 Å². The summed E-state index contributed by atoms with van der Waals surface area (Å²) in [5, 5.41) is 9.74. The Morgan fingerprint density at radius 2 is 2.04 bits per heavy atom. The van der Waals surface area contributed by atoms with Crippen LogP contribution in [0, 0.1) is 4.84 Å². The number of carbonyl (C=O) groups is 1. The molecule has 4 rings (SSSR count). The van der Waals surface area contributed by atoms with Gasteiger partial charge in [0, 0.05) is 23.8 Å². The van der Waals surface area contributed by atoms with Gasteiger partial charge in [0.15, 0.2) is 0 Å². The van der Waals surface area contributed by atoms with Gasteiger partial charge in [-0.05, 0) is 62.2 Å². The maximum absolute atomic E-state index is 12.6. The molecule has 0 unspecified atom stereocenters. The van der Waals surface area contributed by atoms with Crippen LogP contribution in [0.5, 0.6) is 0 Å². The number of amides is 1. The van der Waals surface area contributed by atoms with Gasteiger partial charge >= 0.3 is 0 Å². The highest BCUT2D eigenvalue weighted by atomic mass is 32.1. The van der Waals surface area contributed by atoms with Crippen molar-refractivity contribution in [1.29, 1.82) is 0 Å². The third-order valence-corrected chi connectivity index (χ3v) is 5.35. The Morgan fingerprint density at radius 1 is 1.28 bits per heavy atom. The fraction of sp³-hybridized carbons (Fsp3) is 0.500. The first-order chi connectivity index (χ1) is 12.1. The molecule has 2 N–H and O–H groups in total. The van der Waals surface area contributed by atoms with Crippen molar-refractivity contribution < 1.29 is 13.9 Å². The zero-order valence-corrected chi connectivity index (χ0v) is 14.7. The van der Waals surface area contributed by atoms with Crippen LogP contribution in [-0.2, 0) is 4.74 Å². The minimum Gasteiger partial charge on any atom is -0.409 e. The van der Waals surface area contributed by atoms with E-state index in [9.17, 15) is 4.79 Å². The fourth-order valence-corrected chi connectivity index (χ4v) is 4.03. The second-order valence-electron chi connectivity index (χ2n) is 6.90. The van der Waals surface area contributed by atoms with Gasteiger partial charge in [0.25, 0.3) is 10.7 Å². The topological polar surface area (TPSA) is 80.1 Å². The van der Waals surface area contributed by atoms with Crippen molar-refractivity contribution in [1.82, 2.24) is 15.5 Å². The standard InChI is InChI=1S/C18H21N3O3S/c22-15(19-14-7-10-23-18(11-14)8-1-2-9-18)12-3-5-13(6-4-12)16-20-21-17(25)24-16/h3-6,14H,1-2,7-11H2,(H,19,22)(H,21,25)/t14-/m1/s1. The van der Waals surface area contributed by atoms with Crippen LogP contribution in [0.1, 0.15) is 48.9 Å². The van der Waals surface area contributed by atoms with Crippen LogP contribution in [0.25, 0.3) is 11.5 Å². The van der Waals surface area contributed by atoms with E-state index in [2.05, 4.69) is 15.5 Å². The van der Waals surface area contributed by atoms with Crippen molar-refractivity contribution in [2.75, 3.05) is 6.61 Å². The summed E-state index contributed by atoms with van der Waals surface area (Å²) in [6.07, 6.45) is 6.49. The lowest BCUT2D eigenvalue weighted by Gasteiger charge is -2.38. The third kappa shape index (κ3) is 3.52. The molecule has 1 spiro atoms. The van der Waals surface area contributed by atoms with Crippen LogP contribution in [0.2, 0.25) is 0 Å². The van der Waals surface area contributed by atoms with Gasteiger partial charge in [0.2, 0.25) is 5.89 Å². The van der Waals surface area contributed by atoms with Crippen LogP contribution in [0.15, 0.2) is 28.7 Å². The van der Waals surface area contributed by atoms with E-state index < -0.39 is 0 Å². The van der Waals surface area contributed by atoms with Gasteiger partial charge in [-0.25, -0.2) is 5.10 Å². The normalized spacial score (nSPS) is 22.2. The predicted molar refractivity (Wildman–Crippen MR) is 94.8 cm³/mol. The molecule has 1 saturated heterocycles. The first kappa shape index (κ1) is 16.5. The maximum Gasteiger partial charge on any atom is 0.284 e. The highest BCUT2D eigenvalue weighted by molar-refractivity contribution is 7.71. The molecule has 6 nitrogen and oxygen atoms in total. The summed E-state index contributed by atoms with van der Waals surface area (Å²) in [7, 11) is 0. The predicted octanol–water partition coefficient (Wildman–Crippen LogP) is 3.62. The molecule has 132 valence electrons. The van der Waals surface area contributed by atoms with Crippen molar-refractivity contribution >= 4 is 18.1 Å². The van der Waals surface area contributed by atoms with Crippen molar-refractivity contribution in [2.24, 2.45) is 0 Å². The van der Waals surface area contributed by atoms with Crippen LogP contribution in [-0.4, -0.2) is 34.4 Å². The van der Waals surface area contributed by atoms with E-state index >= 15 is 0 Å². The average Bonchev–Trinajstić information content (AvgIpc) is 3.24. The van der Waals surface area contributed by atoms with Gasteiger partial charge in [0.05, 0.1) is 5.60 Å². The number of nitrogens with zero attached hydrogens (tertiary/aromatic N) is 1. The van der Waals surface area contributed by atoms with Crippen molar-refractivity contribution in [2.45, 2.75) is 50.2 Å². The molecule has 1 aliphatic carbocycles. The minimum atomic E-state index is -0.0467. The molecule has 1 amide bonds. The number of carbonyl (C=O) groups excluding carboxylic acids is 1. The second kappa shape index (κ2) is 6.72. The van der Waals surface area contributed by atoms with Crippen molar-refractivity contribution in [3.8, 4) is 11.5 Å². The monoisotopic (exact) mass is 359 g/mol. The highest BCUT2D eigenvalue weighted by Crippen LogP contribution is 2.40. The lowest BCUT2D eigenvalue weighted by atomic mass is 9.89. The molecule has 1 aliphatic heterocycles. The molecule has 0 radical (unpaired) electrons.